The standard InChI is InChI=1S/C10H14N2O4S/c1-6-3-4-8(17-6)7(2)11-10(15)12-16-5-9(13)14/h3-4,7H,5H2,1-2H3,(H,13,14)(H2,11,12,15). The van der Waals surface area contributed by atoms with Crippen LogP contribution in [0.4, 0.5) is 4.79 Å². The van der Waals surface area contributed by atoms with Crippen molar-refractivity contribution in [3.05, 3.63) is 21.9 Å². The molecular formula is C10H14N2O4S. The Hall–Kier alpha value is -1.60. The van der Waals surface area contributed by atoms with Crippen LogP contribution in [0.5, 0.6) is 0 Å². The van der Waals surface area contributed by atoms with Crippen LogP contribution in [0, 0.1) is 6.92 Å². The number of amides is 2. The SMILES string of the molecule is Cc1ccc(C(C)NC(=O)NOCC(=O)O)s1. The van der Waals surface area contributed by atoms with Crippen molar-refractivity contribution in [3.63, 3.8) is 0 Å². The van der Waals surface area contributed by atoms with Gasteiger partial charge in [-0.3, -0.25) is 4.84 Å². The molecule has 0 aliphatic heterocycles. The highest BCUT2D eigenvalue weighted by molar-refractivity contribution is 7.12. The summed E-state index contributed by atoms with van der Waals surface area (Å²) in [5, 5.41) is 10.9. The number of aryl methyl sites for hydroxylation is 1. The van der Waals surface area contributed by atoms with Gasteiger partial charge in [0.25, 0.3) is 0 Å². The molecule has 3 N–H and O–H groups in total. The van der Waals surface area contributed by atoms with Crippen LogP contribution in [0.15, 0.2) is 12.1 Å². The topological polar surface area (TPSA) is 87.7 Å². The Morgan fingerprint density at radius 1 is 1.53 bits per heavy atom. The van der Waals surface area contributed by atoms with Crippen LogP contribution in [-0.2, 0) is 9.63 Å². The Kier molecular flexibility index (Phi) is 4.92. The minimum atomic E-state index is -1.15. The van der Waals surface area contributed by atoms with E-state index in [-0.39, 0.29) is 6.04 Å². The summed E-state index contributed by atoms with van der Waals surface area (Å²) in [5.41, 5.74) is 2.00. The highest BCUT2D eigenvalue weighted by Gasteiger charge is 2.11. The van der Waals surface area contributed by atoms with E-state index in [9.17, 15) is 9.59 Å². The zero-order chi connectivity index (χ0) is 12.8. The Morgan fingerprint density at radius 3 is 2.76 bits per heavy atom. The lowest BCUT2D eigenvalue weighted by atomic mass is 10.3. The molecule has 0 aromatic carbocycles. The van der Waals surface area contributed by atoms with Gasteiger partial charge in [0.15, 0.2) is 6.61 Å². The quantitative estimate of drug-likeness (QED) is 0.697. The lowest BCUT2D eigenvalue weighted by Crippen LogP contribution is -2.37. The molecule has 1 heterocycles. The fourth-order valence-electron chi connectivity index (χ4n) is 1.15. The van der Waals surface area contributed by atoms with Gasteiger partial charge < -0.3 is 10.4 Å². The molecule has 2 amide bonds. The molecule has 0 saturated heterocycles. The molecule has 1 aromatic heterocycles. The molecule has 0 radical (unpaired) electrons. The predicted molar refractivity (Wildman–Crippen MR) is 62.7 cm³/mol. The zero-order valence-electron chi connectivity index (χ0n) is 9.52. The normalized spacial score (nSPS) is 11.9. The molecule has 1 atom stereocenters. The molecule has 1 aromatic rings. The molecule has 94 valence electrons. The number of carbonyl (C=O) groups is 2. The van der Waals surface area contributed by atoms with Gasteiger partial charge in [-0.2, -0.15) is 0 Å². The maximum Gasteiger partial charge on any atom is 0.339 e. The smallest absolute Gasteiger partial charge is 0.339 e. The van der Waals surface area contributed by atoms with Gasteiger partial charge in [0, 0.05) is 9.75 Å². The van der Waals surface area contributed by atoms with Gasteiger partial charge in [0.1, 0.15) is 0 Å². The third-order valence-electron chi connectivity index (χ3n) is 1.90. The number of carboxylic acids is 1. The summed E-state index contributed by atoms with van der Waals surface area (Å²) in [6, 6.07) is 3.19. The second-order valence-electron chi connectivity index (χ2n) is 3.43. The molecule has 0 saturated carbocycles. The fraction of sp³-hybridized carbons (Fsp3) is 0.400. The van der Waals surface area contributed by atoms with E-state index in [2.05, 4.69) is 10.2 Å². The second kappa shape index (κ2) is 6.21. The van der Waals surface area contributed by atoms with Gasteiger partial charge in [0.2, 0.25) is 0 Å². The third-order valence-corrected chi connectivity index (χ3v) is 3.08. The molecular weight excluding hydrogens is 244 g/mol. The van der Waals surface area contributed by atoms with Crippen molar-refractivity contribution in [2.75, 3.05) is 6.61 Å². The highest BCUT2D eigenvalue weighted by Crippen LogP contribution is 2.21. The van der Waals surface area contributed by atoms with E-state index in [1.165, 1.54) is 0 Å². The lowest BCUT2D eigenvalue weighted by Gasteiger charge is -2.12. The Bertz CT molecular complexity index is 405. The molecule has 17 heavy (non-hydrogen) atoms. The first kappa shape index (κ1) is 13.5. The maximum atomic E-state index is 11.3. The van der Waals surface area contributed by atoms with E-state index in [0.717, 1.165) is 9.75 Å². The van der Waals surface area contributed by atoms with Crippen LogP contribution in [0.3, 0.4) is 0 Å². The van der Waals surface area contributed by atoms with Gasteiger partial charge >= 0.3 is 12.0 Å². The molecule has 0 bridgehead atoms. The summed E-state index contributed by atoms with van der Waals surface area (Å²) in [6.45, 7) is 3.25. The van der Waals surface area contributed by atoms with Crippen molar-refractivity contribution in [2.24, 2.45) is 0 Å². The number of carboxylic acid groups (broad SMARTS) is 1. The minimum absolute atomic E-state index is 0.151. The van der Waals surface area contributed by atoms with Crippen molar-refractivity contribution >= 4 is 23.3 Å². The number of hydrogen-bond acceptors (Lipinski definition) is 4. The first-order valence-electron chi connectivity index (χ1n) is 4.95. The van der Waals surface area contributed by atoms with Gasteiger partial charge in [-0.1, -0.05) is 0 Å². The zero-order valence-corrected chi connectivity index (χ0v) is 10.3. The Balaban J connectivity index is 2.33. The number of rotatable bonds is 5. The number of hydroxylamine groups is 1. The molecule has 1 rings (SSSR count). The lowest BCUT2D eigenvalue weighted by molar-refractivity contribution is -0.144. The summed E-state index contributed by atoms with van der Waals surface area (Å²) < 4.78 is 0. The van der Waals surface area contributed by atoms with Crippen molar-refractivity contribution in [1.82, 2.24) is 10.8 Å². The Morgan fingerprint density at radius 2 is 2.24 bits per heavy atom. The van der Waals surface area contributed by atoms with Gasteiger partial charge in [0.05, 0.1) is 6.04 Å². The van der Waals surface area contributed by atoms with Crippen LogP contribution in [-0.4, -0.2) is 23.7 Å². The van der Waals surface area contributed by atoms with Crippen molar-refractivity contribution in [1.29, 1.82) is 0 Å². The fourth-order valence-corrected chi connectivity index (χ4v) is 2.03. The summed E-state index contributed by atoms with van der Waals surface area (Å²) in [4.78, 5) is 28.0. The molecule has 0 aliphatic rings. The molecule has 6 nitrogen and oxygen atoms in total. The summed E-state index contributed by atoms with van der Waals surface area (Å²) >= 11 is 1.59. The number of urea groups is 1. The number of aliphatic carboxylic acids is 1. The van der Waals surface area contributed by atoms with E-state index in [4.69, 9.17) is 5.11 Å². The van der Waals surface area contributed by atoms with Gasteiger partial charge in [-0.25, -0.2) is 15.1 Å². The van der Waals surface area contributed by atoms with E-state index >= 15 is 0 Å². The number of hydrogen-bond donors (Lipinski definition) is 3. The number of carbonyl (C=O) groups excluding carboxylic acids is 1. The van der Waals surface area contributed by atoms with Crippen LogP contribution < -0.4 is 10.8 Å². The summed E-state index contributed by atoms with van der Waals surface area (Å²) in [6.07, 6.45) is 0. The average molecular weight is 258 g/mol. The van der Waals surface area contributed by atoms with Crippen molar-refractivity contribution in [2.45, 2.75) is 19.9 Å². The van der Waals surface area contributed by atoms with Crippen LogP contribution in [0.2, 0.25) is 0 Å². The van der Waals surface area contributed by atoms with E-state index in [1.807, 2.05) is 31.5 Å². The van der Waals surface area contributed by atoms with Crippen LogP contribution >= 0.6 is 11.3 Å². The molecule has 0 fully saturated rings. The van der Waals surface area contributed by atoms with Crippen molar-refractivity contribution < 1.29 is 19.5 Å². The monoisotopic (exact) mass is 258 g/mol. The average Bonchev–Trinajstić information content (AvgIpc) is 2.64. The minimum Gasteiger partial charge on any atom is -0.479 e. The maximum absolute atomic E-state index is 11.3. The molecule has 0 aliphatic carbocycles. The van der Waals surface area contributed by atoms with Gasteiger partial charge in [-0.05, 0) is 26.0 Å². The molecule has 7 heteroatoms. The van der Waals surface area contributed by atoms with Gasteiger partial charge in [-0.15, -0.1) is 11.3 Å². The van der Waals surface area contributed by atoms with Crippen molar-refractivity contribution in [3.8, 4) is 0 Å². The Labute approximate surface area is 103 Å². The summed E-state index contributed by atoms with van der Waals surface area (Å²) in [5.74, 6) is -1.15. The van der Waals surface area contributed by atoms with Crippen LogP contribution in [0.1, 0.15) is 22.7 Å². The second-order valence-corrected chi connectivity index (χ2v) is 4.75. The van der Waals surface area contributed by atoms with E-state index < -0.39 is 18.6 Å². The third kappa shape index (κ3) is 4.83. The van der Waals surface area contributed by atoms with Crippen LogP contribution in [0.25, 0.3) is 0 Å². The number of thiophene rings is 1. The van der Waals surface area contributed by atoms with E-state index in [0.29, 0.717) is 0 Å². The van der Waals surface area contributed by atoms with E-state index in [1.54, 1.807) is 11.3 Å². The summed E-state index contributed by atoms with van der Waals surface area (Å²) in [7, 11) is 0. The highest BCUT2D eigenvalue weighted by atomic mass is 32.1. The first-order valence-corrected chi connectivity index (χ1v) is 5.77. The number of nitrogens with one attached hydrogen (secondary N) is 2. The first-order chi connectivity index (χ1) is 7.99. The molecule has 0 spiro atoms. The predicted octanol–water partition coefficient (Wildman–Crippen LogP) is 1.43. The molecule has 1 unspecified atom stereocenters. The largest absolute Gasteiger partial charge is 0.479 e.